The molecule has 0 heterocycles. The Hall–Kier alpha value is -1.42. The average molecular weight is 370 g/mol. The number of carbonyl (C=O) groups excluding carboxylic acids is 2. The maximum Gasteiger partial charge on any atom is 0.408 e. The molecule has 0 bridgehead atoms. The summed E-state index contributed by atoms with van der Waals surface area (Å²) >= 11 is 1.45. The molecule has 1 aliphatic carbocycles. The fraction of sp³-hybridized carbons (Fsp3) is 0.833. The van der Waals surface area contributed by atoms with E-state index in [9.17, 15) is 9.59 Å². The van der Waals surface area contributed by atoms with Crippen LogP contribution in [-0.4, -0.2) is 42.2 Å². The van der Waals surface area contributed by atoms with Gasteiger partial charge in [-0.1, -0.05) is 27.2 Å². The number of nitriles is 1. The van der Waals surface area contributed by atoms with Crippen LogP contribution in [0.4, 0.5) is 4.79 Å². The first-order valence-electron chi connectivity index (χ1n) is 8.94. The monoisotopic (exact) mass is 369 g/mol. The fourth-order valence-electron chi connectivity index (χ4n) is 3.26. The molecule has 7 heteroatoms. The third-order valence-corrected chi connectivity index (χ3v) is 5.38. The number of alkyl carbamates (subject to hydrolysis) is 1. The van der Waals surface area contributed by atoms with Crippen LogP contribution in [0.1, 0.15) is 47.0 Å². The van der Waals surface area contributed by atoms with Crippen LogP contribution in [0.3, 0.4) is 0 Å². The van der Waals surface area contributed by atoms with Crippen LogP contribution in [0.25, 0.3) is 0 Å². The molecular formula is C18H31N3O3S. The first-order chi connectivity index (χ1) is 11.8. The van der Waals surface area contributed by atoms with Crippen molar-refractivity contribution < 1.29 is 14.3 Å². The standard InChI is InChI=1S/C18H31N3O3S/c1-11(2)14-7-6-12(3)8-16(14)24-18(23)21-15(10-25-5)17(22)20-13(4)9-19/h11-16H,6-8,10H2,1-5H3,(H,20,22)(H,21,23). The van der Waals surface area contributed by atoms with Crippen LogP contribution in [0.15, 0.2) is 0 Å². The number of hydrogen-bond donors (Lipinski definition) is 2. The Bertz CT molecular complexity index is 492. The second kappa shape index (κ2) is 10.5. The van der Waals surface area contributed by atoms with E-state index in [2.05, 4.69) is 31.4 Å². The molecule has 1 saturated carbocycles. The normalized spacial score (nSPS) is 25.6. The maximum absolute atomic E-state index is 12.3. The van der Waals surface area contributed by atoms with E-state index >= 15 is 0 Å². The van der Waals surface area contributed by atoms with Crippen LogP contribution < -0.4 is 10.6 Å². The van der Waals surface area contributed by atoms with E-state index in [4.69, 9.17) is 10.00 Å². The molecular weight excluding hydrogens is 338 g/mol. The number of carbonyl (C=O) groups is 2. The lowest BCUT2D eigenvalue weighted by molar-refractivity contribution is -0.122. The molecule has 0 radical (unpaired) electrons. The molecule has 2 amide bonds. The highest BCUT2D eigenvalue weighted by Gasteiger charge is 2.34. The summed E-state index contributed by atoms with van der Waals surface area (Å²) in [5.74, 6) is 1.40. The number of hydrogen-bond acceptors (Lipinski definition) is 5. The molecule has 1 rings (SSSR count). The molecule has 1 fully saturated rings. The number of nitrogens with one attached hydrogen (secondary N) is 2. The number of ether oxygens (including phenoxy) is 1. The van der Waals surface area contributed by atoms with Gasteiger partial charge in [-0.15, -0.1) is 0 Å². The zero-order chi connectivity index (χ0) is 19.0. The van der Waals surface area contributed by atoms with E-state index in [-0.39, 0.29) is 12.0 Å². The number of amides is 2. The van der Waals surface area contributed by atoms with Crippen molar-refractivity contribution in [2.45, 2.75) is 65.1 Å². The summed E-state index contributed by atoms with van der Waals surface area (Å²) in [6.45, 7) is 8.09. The Morgan fingerprint density at radius 3 is 2.52 bits per heavy atom. The second-order valence-electron chi connectivity index (χ2n) is 7.28. The summed E-state index contributed by atoms with van der Waals surface area (Å²) in [6.07, 6.45) is 4.28. The maximum atomic E-state index is 12.3. The summed E-state index contributed by atoms with van der Waals surface area (Å²) in [5, 5.41) is 14.1. The van der Waals surface area contributed by atoms with E-state index in [1.54, 1.807) is 6.92 Å². The second-order valence-corrected chi connectivity index (χ2v) is 8.19. The predicted molar refractivity (Wildman–Crippen MR) is 100 cm³/mol. The molecule has 1 aliphatic rings. The third-order valence-electron chi connectivity index (χ3n) is 4.71. The van der Waals surface area contributed by atoms with Gasteiger partial charge in [-0.2, -0.15) is 17.0 Å². The number of nitrogens with zero attached hydrogens (tertiary/aromatic N) is 1. The van der Waals surface area contributed by atoms with Crippen LogP contribution in [-0.2, 0) is 9.53 Å². The first-order valence-corrected chi connectivity index (χ1v) is 10.3. The fourth-order valence-corrected chi connectivity index (χ4v) is 3.83. The van der Waals surface area contributed by atoms with Gasteiger partial charge in [0.05, 0.1) is 6.07 Å². The summed E-state index contributed by atoms with van der Waals surface area (Å²) in [7, 11) is 0. The molecule has 0 aromatic heterocycles. The van der Waals surface area contributed by atoms with Crippen molar-refractivity contribution in [3.8, 4) is 6.07 Å². The Morgan fingerprint density at radius 1 is 1.28 bits per heavy atom. The quantitative estimate of drug-likeness (QED) is 0.720. The Balaban J connectivity index is 2.66. The minimum atomic E-state index is -0.711. The number of rotatable bonds is 7. The van der Waals surface area contributed by atoms with Crippen molar-refractivity contribution in [3.63, 3.8) is 0 Å². The minimum Gasteiger partial charge on any atom is -0.446 e. The highest BCUT2D eigenvalue weighted by atomic mass is 32.2. The van der Waals surface area contributed by atoms with Gasteiger partial charge in [0.25, 0.3) is 0 Å². The van der Waals surface area contributed by atoms with E-state index in [1.807, 2.05) is 12.3 Å². The largest absolute Gasteiger partial charge is 0.446 e. The van der Waals surface area contributed by atoms with Crippen molar-refractivity contribution in [2.75, 3.05) is 12.0 Å². The summed E-state index contributed by atoms with van der Waals surface area (Å²) in [5.41, 5.74) is 0. The lowest BCUT2D eigenvalue weighted by atomic mass is 9.75. The molecule has 0 aliphatic heterocycles. The topological polar surface area (TPSA) is 91.2 Å². The van der Waals surface area contributed by atoms with Crippen molar-refractivity contribution >= 4 is 23.8 Å². The zero-order valence-electron chi connectivity index (χ0n) is 15.9. The highest BCUT2D eigenvalue weighted by Crippen LogP contribution is 2.35. The molecule has 0 aromatic rings. The van der Waals surface area contributed by atoms with E-state index < -0.39 is 18.2 Å². The lowest BCUT2D eigenvalue weighted by Gasteiger charge is -2.36. The van der Waals surface area contributed by atoms with Gasteiger partial charge in [0, 0.05) is 5.75 Å². The van der Waals surface area contributed by atoms with E-state index in [0.29, 0.717) is 23.5 Å². The molecule has 0 aromatic carbocycles. The first kappa shape index (κ1) is 21.6. The Labute approximate surface area is 155 Å². The molecule has 142 valence electrons. The van der Waals surface area contributed by atoms with Gasteiger partial charge in [0.2, 0.25) is 5.91 Å². The van der Waals surface area contributed by atoms with Crippen LogP contribution in [0, 0.1) is 29.1 Å². The predicted octanol–water partition coefficient (Wildman–Crippen LogP) is 2.93. The molecule has 6 nitrogen and oxygen atoms in total. The van der Waals surface area contributed by atoms with Crippen LogP contribution >= 0.6 is 11.8 Å². The molecule has 2 N–H and O–H groups in total. The van der Waals surface area contributed by atoms with Crippen LogP contribution in [0.2, 0.25) is 0 Å². The van der Waals surface area contributed by atoms with Gasteiger partial charge in [-0.25, -0.2) is 4.79 Å². The van der Waals surface area contributed by atoms with Gasteiger partial charge in [0.15, 0.2) is 0 Å². The smallest absolute Gasteiger partial charge is 0.408 e. The summed E-state index contributed by atoms with van der Waals surface area (Å²) in [4.78, 5) is 24.6. The molecule has 0 saturated heterocycles. The van der Waals surface area contributed by atoms with Crippen molar-refractivity contribution in [2.24, 2.45) is 17.8 Å². The van der Waals surface area contributed by atoms with Crippen molar-refractivity contribution in [1.82, 2.24) is 10.6 Å². The summed E-state index contributed by atoms with van der Waals surface area (Å²) in [6, 6.07) is 0.643. The van der Waals surface area contributed by atoms with Gasteiger partial charge in [-0.05, 0) is 43.8 Å². The third kappa shape index (κ3) is 7.15. The molecule has 0 spiro atoms. The van der Waals surface area contributed by atoms with Crippen molar-refractivity contribution in [3.05, 3.63) is 0 Å². The molecule has 25 heavy (non-hydrogen) atoms. The summed E-state index contributed by atoms with van der Waals surface area (Å²) < 4.78 is 5.69. The van der Waals surface area contributed by atoms with Gasteiger partial charge < -0.3 is 15.4 Å². The van der Waals surface area contributed by atoms with Gasteiger partial charge in [0.1, 0.15) is 18.2 Å². The zero-order valence-corrected chi connectivity index (χ0v) is 16.7. The number of thioether (sulfide) groups is 1. The van der Waals surface area contributed by atoms with Crippen molar-refractivity contribution in [1.29, 1.82) is 5.26 Å². The van der Waals surface area contributed by atoms with E-state index in [0.717, 1.165) is 19.3 Å². The Kier molecular flexibility index (Phi) is 9.12. The van der Waals surface area contributed by atoms with Crippen LogP contribution in [0.5, 0.6) is 0 Å². The SMILES string of the molecule is CSCC(NC(=O)OC1CC(C)CCC1C(C)C)C(=O)NC(C)C#N. The Morgan fingerprint density at radius 2 is 1.96 bits per heavy atom. The van der Waals surface area contributed by atoms with Gasteiger partial charge >= 0.3 is 6.09 Å². The lowest BCUT2D eigenvalue weighted by Crippen LogP contribution is -2.51. The van der Waals surface area contributed by atoms with E-state index in [1.165, 1.54) is 11.8 Å². The van der Waals surface area contributed by atoms with Gasteiger partial charge in [-0.3, -0.25) is 4.79 Å². The molecule has 5 unspecified atom stereocenters. The highest BCUT2D eigenvalue weighted by molar-refractivity contribution is 7.98. The average Bonchev–Trinajstić information content (AvgIpc) is 2.53. The molecule has 5 atom stereocenters. The minimum absolute atomic E-state index is 0.111.